The molecule has 0 atom stereocenters. The van der Waals surface area contributed by atoms with Crippen LogP contribution in [0.15, 0.2) is 0 Å². The van der Waals surface area contributed by atoms with Gasteiger partial charge in [0.25, 0.3) is 0 Å². The van der Waals surface area contributed by atoms with Gasteiger partial charge in [-0.05, 0) is 24.7 Å². The number of nitrogens with zero attached hydrogens (tertiary/aromatic N) is 1. The van der Waals surface area contributed by atoms with Gasteiger partial charge in [-0.25, -0.2) is 12.7 Å². The van der Waals surface area contributed by atoms with Crippen molar-refractivity contribution in [3.63, 3.8) is 0 Å². The Hall–Kier alpha value is -0.620. The van der Waals surface area contributed by atoms with Crippen molar-refractivity contribution in [2.24, 2.45) is 5.41 Å². The second-order valence-corrected chi connectivity index (χ2v) is 8.45. The Labute approximate surface area is 116 Å². The van der Waals surface area contributed by atoms with Gasteiger partial charge in [0.15, 0.2) is 0 Å². The maximum Gasteiger partial charge on any atom is 0.220 e. The first-order chi connectivity index (χ1) is 8.71. The Morgan fingerprint density at radius 2 is 1.95 bits per heavy atom. The Morgan fingerprint density at radius 3 is 2.53 bits per heavy atom. The topological polar surface area (TPSA) is 66.5 Å². The first-order valence-corrected chi connectivity index (χ1v) is 8.56. The van der Waals surface area contributed by atoms with Gasteiger partial charge in [-0.1, -0.05) is 20.8 Å². The van der Waals surface area contributed by atoms with E-state index in [1.54, 1.807) is 4.31 Å². The monoisotopic (exact) mass is 290 g/mol. The zero-order chi connectivity index (χ0) is 14.5. The highest BCUT2D eigenvalue weighted by atomic mass is 32.2. The van der Waals surface area contributed by atoms with Crippen LogP contribution in [0.4, 0.5) is 0 Å². The van der Waals surface area contributed by atoms with Crippen LogP contribution in [0.2, 0.25) is 0 Å². The quantitative estimate of drug-likeness (QED) is 0.777. The first-order valence-electron chi connectivity index (χ1n) is 6.95. The normalized spacial score (nSPS) is 20.2. The number of carbonyl (C=O) groups excluding carboxylic acids is 1. The molecule has 1 fully saturated rings. The Balaban J connectivity index is 2.22. The van der Waals surface area contributed by atoms with E-state index in [0.29, 0.717) is 32.5 Å². The van der Waals surface area contributed by atoms with Crippen molar-refractivity contribution in [1.82, 2.24) is 9.62 Å². The summed E-state index contributed by atoms with van der Waals surface area (Å²) in [4.78, 5) is 11.6. The standard InChI is InChI=1S/C13H26N2O3S/c1-13(2,3)11-12(16)14-7-6-9-15-8-4-5-10-19(15,17)18/h4-11H2,1-3H3,(H,14,16). The second-order valence-electron chi connectivity index (χ2n) is 6.36. The molecule has 5 nitrogen and oxygen atoms in total. The van der Waals surface area contributed by atoms with Crippen LogP contribution in [0.3, 0.4) is 0 Å². The zero-order valence-corrected chi connectivity index (χ0v) is 13.1. The number of sulfonamides is 1. The van der Waals surface area contributed by atoms with E-state index in [1.165, 1.54) is 0 Å². The largest absolute Gasteiger partial charge is 0.356 e. The number of hydrogen-bond acceptors (Lipinski definition) is 3. The van der Waals surface area contributed by atoms with Gasteiger partial charge in [0.1, 0.15) is 0 Å². The molecule has 6 heteroatoms. The number of carbonyl (C=O) groups is 1. The van der Waals surface area contributed by atoms with Gasteiger partial charge in [0, 0.05) is 26.1 Å². The maximum atomic E-state index is 11.7. The van der Waals surface area contributed by atoms with E-state index in [1.807, 2.05) is 20.8 Å². The molecular formula is C13H26N2O3S. The zero-order valence-electron chi connectivity index (χ0n) is 12.2. The molecule has 1 heterocycles. The molecule has 19 heavy (non-hydrogen) atoms. The van der Waals surface area contributed by atoms with Crippen LogP contribution in [0.5, 0.6) is 0 Å². The molecule has 0 aromatic rings. The summed E-state index contributed by atoms with van der Waals surface area (Å²) in [5.41, 5.74) is -0.0136. The third-order valence-corrected chi connectivity index (χ3v) is 5.01. The maximum absolute atomic E-state index is 11.7. The third kappa shape index (κ3) is 6.38. The van der Waals surface area contributed by atoms with Crippen LogP contribution in [0.25, 0.3) is 0 Å². The van der Waals surface area contributed by atoms with E-state index < -0.39 is 10.0 Å². The molecule has 1 aliphatic rings. The lowest BCUT2D eigenvalue weighted by atomic mass is 9.92. The summed E-state index contributed by atoms with van der Waals surface area (Å²) in [6.45, 7) is 7.74. The van der Waals surface area contributed by atoms with Crippen LogP contribution >= 0.6 is 0 Å². The minimum Gasteiger partial charge on any atom is -0.356 e. The SMILES string of the molecule is CC(C)(C)CC(=O)NCCCN1CCCCS1(=O)=O. The molecule has 0 aromatic heterocycles. The van der Waals surface area contributed by atoms with Gasteiger partial charge in [-0.3, -0.25) is 4.79 Å². The van der Waals surface area contributed by atoms with Crippen LogP contribution in [0, 0.1) is 5.41 Å². The van der Waals surface area contributed by atoms with Crippen molar-refractivity contribution in [2.45, 2.75) is 46.5 Å². The van der Waals surface area contributed by atoms with Crippen LogP contribution < -0.4 is 5.32 Å². The van der Waals surface area contributed by atoms with Crippen molar-refractivity contribution in [2.75, 3.05) is 25.4 Å². The predicted octanol–water partition coefficient (Wildman–Crippen LogP) is 1.35. The fourth-order valence-electron chi connectivity index (χ4n) is 2.12. The molecule has 0 aromatic carbocycles. The van der Waals surface area contributed by atoms with Crippen molar-refractivity contribution in [3.05, 3.63) is 0 Å². The molecule has 0 aliphatic carbocycles. The fourth-order valence-corrected chi connectivity index (χ4v) is 3.76. The Bertz CT molecular complexity index is 399. The molecular weight excluding hydrogens is 264 g/mol. The Kier molecular flexibility index (Phi) is 5.80. The van der Waals surface area contributed by atoms with Gasteiger partial charge in [-0.15, -0.1) is 0 Å². The summed E-state index contributed by atoms with van der Waals surface area (Å²) < 4.78 is 25.0. The molecule has 112 valence electrons. The summed E-state index contributed by atoms with van der Waals surface area (Å²) in [6.07, 6.45) is 2.88. The molecule has 0 unspecified atom stereocenters. The molecule has 1 amide bonds. The van der Waals surface area contributed by atoms with Gasteiger partial charge >= 0.3 is 0 Å². The summed E-state index contributed by atoms with van der Waals surface area (Å²) in [5, 5.41) is 2.85. The Morgan fingerprint density at radius 1 is 1.26 bits per heavy atom. The summed E-state index contributed by atoms with van der Waals surface area (Å²) in [5.74, 6) is 0.303. The number of rotatable bonds is 5. The lowest BCUT2D eigenvalue weighted by Gasteiger charge is -2.26. The predicted molar refractivity (Wildman–Crippen MR) is 76.3 cm³/mol. The molecule has 0 bridgehead atoms. The molecule has 1 rings (SSSR count). The van der Waals surface area contributed by atoms with Crippen molar-refractivity contribution in [3.8, 4) is 0 Å². The number of hydrogen-bond donors (Lipinski definition) is 1. The minimum absolute atomic E-state index is 0.0136. The van der Waals surface area contributed by atoms with E-state index in [2.05, 4.69) is 5.32 Å². The van der Waals surface area contributed by atoms with Crippen LogP contribution in [-0.2, 0) is 14.8 Å². The lowest BCUT2D eigenvalue weighted by molar-refractivity contribution is -0.122. The van der Waals surface area contributed by atoms with Crippen LogP contribution in [-0.4, -0.2) is 44.0 Å². The molecule has 1 aliphatic heterocycles. The minimum atomic E-state index is -3.03. The first kappa shape index (κ1) is 16.4. The van der Waals surface area contributed by atoms with Crippen LogP contribution in [0.1, 0.15) is 46.5 Å². The number of amides is 1. The van der Waals surface area contributed by atoms with Gasteiger partial charge in [0.05, 0.1) is 5.75 Å². The summed E-state index contributed by atoms with van der Waals surface area (Å²) in [7, 11) is -3.03. The van der Waals surface area contributed by atoms with E-state index in [4.69, 9.17) is 0 Å². The van der Waals surface area contributed by atoms with E-state index in [-0.39, 0.29) is 17.1 Å². The summed E-state index contributed by atoms with van der Waals surface area (Å²) in [6, 6.07) is 0. The van der Waals surface area contributed by atoms with Gasteiger partial charge < -0.3 is 5.32 Å². The molecule has 0 spiro atoms. The van der Waals surface area contributed by atoms with Gasteiger partial charge in [-0.2, -0.15) is 0 Å². The van der Waals surface area contributed by atoms with E-state index in [9.17, 15) is 13.2 Å². The van der Waals surface area contributed by atoms with E-state index >= 15 is 0 Å². The highest BCUT2D eigenvalue weighted by molar-refractivity contribution is 7.89. The average Bonchev–Trinajstić information content (AvgIpc) is 2.23. The highest BCUT2D eigenvalue weighted by Crippen LogP contribution is 2.17. The van der Waals surface area contributed by atoms with Gasteiger partial charge in [0.2, 0.25) is 15.9 Å². The van der Waals surface area contributed by atoms with E-state index in [0.717, 1.165) is 12.8 Å². The molecule has 0 radical (unpaired) electrons. The van der Waals surface area contributed by atoms with Crippen molar-refractivity contribution >= 4 is 15.9 Å². The van der Waals surface area contributed by atoms with Crippen molar-refractivity contribution in [1.29, 1.82) is 0 Å². The smallest absolute Gasteiger partial charge is 0.220 e. The second kappa shape index (κ2) is 6.70. The molecule has 0 saturated carbocycles. The summed E-state index contributed by atoms with van der Waals surface area (Å²) >= 11 is 0. The number of nitrogens with one attached hydrogen (secondary N) is 1. The third-order valence-electron chi connectivity index (χ3n) is 3.05. The highest BCUT2D eigenvalue weighted by Gasteiger charge is 2.24. The molecule has 1 N–H and O–H groups in total. The van der Waals surface area contributed by atoms with Crippen molar-refractivity contribution < 1.29 is 13.2 Å². The molecule has 1 saturated heterocycles. The average molecular weight is 290 g/mol. The fraction of sp³-hybridized carbons (Fsp3) is 0.923. The lowest BCUT2D eigenvalue weighted by Crippen LogP contribution is -2.39.